The third-order valence-electron chi connectivity index (χ3n) is 4.07. The summed E-state index contributed by atoms with van der Waals surface area (Å²) < 4.78 is 5.56. The quantitative estimate of drug-likeness (QED) is 0.933. The minimum Gasteiger partial charge on any atom is -0.481 e. The van der Waals surface area contributed by atoms with E-state index in [1.807, 2.05) is 26.0 Å². The standard InChI is InChI=1S/C16H18N2O4S/c1-9-3-4-12(22-9)14-17-10(2)13(23-14)15(19)18-7-5-11(6-8-18)16(20)21/h3-4,11H,5-8H2,1-2H3,(H,20,21). The zero-order chi connectivity index (χ0) is 16.6. The number of aromatic nitrogens is 1. The molecule has 23 heavy (non-hydrogen) atoms. The molecular weight excluding hydrogens is 316 g/mol. The van der Waals surface area contributed by atoms with Crippen LogP contribution in [0.2, 0.25) is 0 Å². The molecule has 2 aromatic heterocycles. The van der Waals surface area contributed by atoms with Crippen molar-refractivity contribution in [2.75, 3.05) is 13.1 Å². The first-order valence-electron chi connectivity index (χ1n) is 7.52. The number of carboxylic acid groups (broad SMARTS) is 1. The minimum absolute atomic E-state index is 0.0710. The molecule has 6 nitrogen and oxygen atoms in total. The number of aliphatic carboxylic acids is 1. The topological polar surface area (TPSA) is 83.6 Å². The largest absolute Gasteiger partial charge is 0.481 e. The molecule has 2 aromatic rings. The Bertz CT molecular complexity index is 741. The van der Waals surface area contributed by atoms with Crippen LogP contribution in [-0.4, -0.2) is 40.0 Å². The van der Waals surface area contributed by atoms with Gasteiger partial charge in [-0.15, -0.1) is 11.3 Å². The molecule has 3 rings (SSSR count). The van der Waals surface area contributed by atoms with Crippen molar-refractivity contribution < 1.29 is 19.1 Å². The Kier molecular flexibility index (Phi) is 4.21. The lowest BCUT2D eigenvalue weighted by Gasteiger charge is -2.29. The number of piperidine rings is 1. The molecule has 0 bridgehead atoms. The molecule has 1 fully saturated rings. The molecule has 1 saturated heterocycles. The maximum Gasteiger partial charge on any atom is 0.306 e. The molecule has 0 unspecified atom stereocenters. The number of aryl methyl sites for hydroxylation is 2. The van der Waals surface area contributed by atoms with E-state index in [2.05, 4.69) is 4.98 Å². The van der Waals surface area contributed by atoms with E-state index in [0.29, 0.717) is 47.3 Å². The van der Waals surface area contributed by atoms with Crippen LogP contribution >= 0.6 is 11.3 Å². The minimum atomic E-state index is -0.776. The van der Waals surface area contributed by atoms with Gasteiger partial charge < -0.3 is 14.4 Å². The Hall–Kier alpha value is -2.15. The fraction of sp³-hybridized carbons (Fsp3) is 0.438. The van der Waals surface area contributed by atoms with Gasteiger partial charge in [0.2, 0.25) is 0 Å². The number of carbonyl (C=O) groups excluding carboxylic acids is 1. The van der Waals surface area contributed by atoms with Crippen molar-refractivity contribution in [3.63, 3.8) is 0 Å². The van der Waals surface area contributed by atoms with Gasteiger partial charge in [0.25, 0.3) is 5.91 Å². The lowest BCUT2D eigenvalue weighted by atomic mass is 9.97. The van der Waals surface area contributed by atoms with Crippen molar-refractivity contribution in [3.05, 3.63) is 28.5 Å². The molecule has 7 heteroatoms. The van der Waals surface area contributed by atoms with Gasteiger partial charge in [-0.25, -0.2) is 4.98 Å². The summed E-state index contributed by atoms with van der Waals surface area (Å²) in [6.07, 6.45) is 1.01. The van der Waals surface area contributed by atoms with Gasteiger partial charge in [-0.1, -0.05) is 0 Å². The number of hydrogen-bond donors (Lipinski definition) is 1. The summed E-state index contributed by atoms with van der Waals surface area (Å²) in [5.41, 5.74) is 0.685. The van der Waals surface area contributed by atoms with Crippen molar-refractivity contribution in [3.8, 4) is 10.8 Å². The van der Waals surface area contributed by atoms with Crippen molar-refractivity contribution in [2.24, 2.45) is 5.92 Å². The van der Waals surface area contributed by atoms with Crippen LogP contribution in [0.4, 0.5) is 0 Å². The van der Waals surface area contributed by atoms with E-state index in [1.54, 1.807) is 4.90 Å². The Labute approximate surface area is 137 Å². The third-order valence-corrected chi connectivity index (χ3v) is 5.23. The van der Waals surface area contributed by atoms with E-state index >= 15 is 0 Å². The van der Waals surface area contributed by atoms with Crippen LogP contribution in [0.3, 0.4) is 0 Å². The highest BCUT2D eigenvalue weighted by Crippen LogP contribution is 2.31. The Morgan fingerprint density at radius 1 is 1.30 bits per heavy atom. The van der Waals surface area contributed by atoms with E-state index in [9.17, 15) is 9.59 Å². The second-order valence-electron chi connectivity index (χ2n) is 5.75. The molecule has 1 aliphatic heterocycles. The fourth-order valence-corrected chi connectivity index (χ4v) is 3.72. The van der Waals surface area contributed by atoms with Crippen LogP contribution in [0.25, 0.3) is 10.8 Å². The monoisotopic (exact) mass is 334 g/mol. The highest BCUT2D eigenvalue weighted by molar-refractivity contribution is 7.17. The smallest absolute Gasteiger partial charge is 0.306 e. The first-order chi connectivity index (χ1) is 11.0. The summed E-state index contributed by atoms with van der Waals surface area (Å²) in [4.78, 5) is 30.4. The van der Waals surface area contributed by atoms with Crippen LogP contribution in [-0.2, 0) is 4.79 Å². The van der Waals surface area contributed by atoms with E-state index in [1.165, 1.54) is 11.3 Å². The third kappa shape index (κ3) is 3.14. The van der Waals surface area contributed by atoms with E-state index in [0.717, 1.165) is 5.76 Å². The number of likely N-dealkylation sites (tertiary alicyclic amines) is 1. The Morgan fingerprint density at radius 2 is 2.00 bits per heavy atom. The summed E-state index contributed by atoms with van der Waals surface area (Å²) in [5, 5.41) is 9.73. The normalized spacial score (nSPS) is 15.8. The zero-order valence-corrected chi connectivity index (χ0v) is 13.9. The molecule has 122 valence electrons. The number of thiazole rings is 1. The summed E-state index contributed by atoms with van der Waals surface area (Å²) in [6.45, 7) is 4.63. The molecule has 0 aliphatic carbocycles. The summed E-state index contributed by atoms with van der Waals surface area (Å²) in [6, 6.07) is 3.71. The molecule has 1 N–H and O–H groups in total. The van der Waals surface area contributed by atoms with Gasteiger partial charge in [-0.05, 0) is 38.8 Å². The summed E-state index contributed by atoms with van der Waals surface area (Å²) in [5.74, 6) is 0.277. The Morgan fingerprint density at radius 3 is 2.57 bits per heavy atom. The molecule has 1 amide bonds. The van der Waals surface area contributed by atoms with Gasteiger partial charge in [0.05, 0.1) is 11.6 Å². The van der Waals surface area contributed by atoms with Crippen LogP contribution < -0.4 is 0 Å². The molecule has 0 atom stereocenters. The van der Waals surface area contributed by atoms with E-state index in [4.69, 9.17) is 9.52 Å². The highest BCUT2D eigenvalue weighted by Gasteiger charge is 2.29. The van der Waals surface area contributed by atoms with Gasteiger partial charge in [-0.2, -0.15) is 0 Å². The SMILES string of the molecule is Cc1ccc(-c2nc(C)c(C(=O)N3CCC(C(=O)O)CC3)s2)o1. The average molecular weight is 334 g/mol. The van der Waals surface area contributed by atoms with Gasteiger partial charge in [-0.3, -0.25) is 9.59 Å². The molecule has 0 spiro atoms. The van der Waals surface area contributed by atoms with Crippen LogP contribution in [0, 0.1) is 19.8 Å². The number of rotatable bonds is 3. The predicted octanol–water partition coefficient (Wildman–Crippen LogP) is 2.96. The lowest BCUT2D eigenvalue weighted by Crippen LogP contribution is -2.40. The second kappa shape index (κ2) is 6.16. The number of carbonyl (C=O) groups is 2. The van der Waals surface area contributed by atoms with Gasteiger partial charge in [0, 0.05) is 13.1 Å². The molecule has 3 heterocycles. The highest BCUT2D eigenvalue weighted by atomic mass is 32.1. The Balaban J connectivity index is 1.76. The van der Waals surface area contributed by atoms with Gasteiger partial charge in [0.15, 0.2) is 10.8 Å². The second-order valence-corrected chi connectivity index (χ2v) is 6.75. The van der Waals surface area contributed by atoms with Crippen LogP contribution in [0.5, 0.6) is 0 Å². The van der Waals surface area contributed by atoms with Crippen molar-refractivity contribution >= 4 is 23.2 Å². The maximum absolute atomic E-state index is 12.7. The zero-order valence-electron chi connectivity index (χ0n) is 13.0. The fourth-order valence-electron chi connectivity index (χ4n) is 2.72. The number of furan rings is 1. The predicted molar refractivity (Wildman–Crippen MR) is 85.6 cm³/mol. The summed E-state index contributed by atoms with van der Waals surface area (Å²) in [7, 11) is 0. The lowest BCUT2D eigenvalue weighted by molar-refractivity contribution is -0.143. The first-order valence-corrected chi connectivity index (χ1v) is 8.33. The average Bonchev–Trinajstić information content (AvgIpc) is 3.12. The first kappa shape index (κ1) is 15.7. The molecule has 1 aliphatic rings. The van der Waals surface area contributed by atoms with E-state index in [-0.39, 0.29) is 11.8 Å². The van der Waals surface area contributed by atoms with E-state index < -0.39 is 5.97 Å². The molecule has 0 saturated carbocycles. The van der Waals surface area contributed by atoms with Crippen molar-refractivity contribution in [1.29, 1.82) is 0 Å². The number of hydrogen-bond acceptors (Lipinski definition) is 5. The molecule has 0 aromatic carbocycles. The number of carboxylic acids is 1. The van der Waals surface area contributed by atoms with Gasteiger partial charge >= 0.3 is 5.97 Å². The van der Waals surface area contributed by atoms with Crippen molar-refractivity contribution in [1.82, 2.24) is 9.88 Å². The summed E-state index contributed by atoms with van der Waals surface area (Å²) >= 11 is 1.32. The van der Waals surface area contributed by atoms with Gasteiger partial charge in [0.1, 0.15) is 10.6 Å². The van der Waals surface area contributed by atoms with Crippen molar-refractivity contribution in [2.45, 2.75) is 26.7 Å². The number of amides is 1. The molecule has 0 radical (unpaired) electrons. The number of nitrogens with zero attached hydrogens (tertiary/aromatic N) is 2. The van der Waals surface area contributed by atoms with Crippen LogP contribution in [0.15, 0.2) is 16.5 Å². The van der Waals surface area contributed by atoms with Crippen LogP contribution in [0.1, 0.15) is 34.0 Å². The maximum atomic E-state index is 12.7. The molecular formula is C16H18N2O4S.